The second-order valence-corrected chi connectivity index (χ2v) is 5.31. The van der Waals surface area contributed by atoms with Crippen molar-refractivity contribution < 1.29 is 13.5 Å². The maximum Gasteiger partial charge on any atom is 0.134 e. The highest BCUT2D eigenvalue weighted by atomic mass is 19.1. The molecule has 2 unspecified atom stereocenters. The van der Waals surface area contributed by atoms with E-state index in [1.54, 1.807) is 6.07 Å². The van der Waals surface area contributed by atoms with E-state index in [1.165, 1.54) is 12.1 Å². The number of hydrogen-bond acceptors (Lipinski definition) is 3. The Bertz CT molecular complexity index is 575. The predicted octanol–water partition coefficient (Wildman–Crippen LogP) is 3.79. The molecule has 108 valence electrons. The molecule has 3 rings (SSSR count). The fourth-order valence-electron chi connectivity index (χ4n) is 2.77. The third kappa shape index (κ3) is 2.72. The van der Waals surface area contributed by atoms with Crippen LogP contribution in [0.25, 0.3) is 11.0 Å². The van der Waals surface area contributed by atoms with Gasteiger partial charge in [0.2, 0.25) is 0 Å². The van der Waals surface area contributed by atoms with Crippen LogP contribution in [0, 0.1) is 5.82 Å². The van der Waals surface area contributed by atoms with E-state index in [9.17, 15) is 4.39 Å². The highest BCUT2D eigenvalue weighted by Crippen LogP contribution is 2.31. The molecule has 2 heterocycles. The van der Waals surface area contributed by atoms with E-state index in [1.807, 2.05) is 6.07 Å². The quantitative estimate of drug-likeness (QED) is 0.903. The molecule has 0 spiro atoms. The summed E-state index contributed by atoms with van der Waals surface area (Å²) in [6.45, 7) is 3.85. The zero-order chi connectivity index (χ0) is 13.9. The molecule has 4 heteroatoms. The summed E-state index contributed by atoms with van der Waals surface area (Å²) in [5.41, 5.74) is 0.725. The summed E-state index contributed by atoms with van der Waals surface area (Å²) >= 11 is 0. The Morgan fingerprint density at radius 2 is 2.30 bits per heavy atom. The zero-order valence-corrected chi connectivity index (χ0v) is 11.7. The van der Waals surface area contributed by atoms with Gasteiger partial charge in [0.25, 0.3) is 0 Å². The molecule has 1 saturated heterocycles. The lowest BCUT2D eigenvalue weighted by Crippen LogP contribution is -2.31. The van der Waals surface area contributed by atoms with E-state index in [2.05, 4.69) is 12.2 Å². The highest BCUT2D eigenvalue weighted by Gasteiger charge is 2.29. The SMILES string of the molecule is CCCNC(c1cc2cc(F)ccc2o1)C1CCCO1. The summed E-state index contributed by atoms with van der Waals surface area (Å²) in [6, 6.07) is 6.59. The van der Waals surface area contributed by atoms with E-state index >= 15 is 0 Å². The lowest BCUT2D eigenvalue weighted by atomic mass is 10.0. The topological polar surface area (TPSA) is 34.4 Å². The first-order chi connectivity index (χ1) is 9.78. The molecule has 2 atom stereocenters. The average Bonchev–Trinajstić information content (AvgIpc) is 3.08. The van der Waals surface area contributed by atoms with Gasteiger partial charge in [-0.05, 0) is 50.1 Å². The van der Waals surface area contributed by atoms with Crippen molar-refractivity contribution in [3.05, 3.63) is 35.8 Å². The normalized spacial score (nSPS) is 20.6. The third-order valence-corrected chi connectivity index (χ3v) is 3.75. The van der Waals surface area contributed by atoms with Gasteiger partial charge in [-0.15, -0.1) is 0 Å². The van der Waals surface area contributed by atoms with Crippen LogP contribution in [-0.2, 0) is 4.74 Å². The molecule has 2 aromatic rings. The molecular formula is C16H20FNO2. The van der Waals surface area contributed by atoms with Gasteiger partial charge >= 0.3 is 0 Å². The van der Waals surface area contributed by atoms with Crippen LogP contribution in [0.1, 0.15) is 38.0 Å². The number of ether oxygens (including phenoxy) is 1. The van der Waals surface area contributed by atoms with Gasteiger partial charge in [0, 0.05) is 12.0 Å². The first kappa shape index (κ1) is 13.6. The van der Waals surface area contributed by atoms with Crippen LogP contribution >= 0.6 is 0 Å². The molecule has 1 aromatic heterocycles. The largest absolute Gasteiger partial charge is 0.459 e. The Labute approximate surface area is 118 Å². The first-order valence-electron chi connectivity index (χ1n) is 7.32. The molecule has 0 saturated carbocycles. The molecule has 1 fully saturated rings. The number of halogens is 1. The minimum atomic E-state index is -0.236. The molecule has 0 aliphatic carbocycles. The number of hydrogen-bond donors (Lipinski definition) is 1. The van der Waals surface area contributed by atoms with Crippen molar-refractivity contribution in [1.82, 2.24) is 5.32 Å². The molecule has 0 bridgehead atoms. The Morgan fingerprint density at radius 1 is 1.40 bits per heavy atom. The van der Waals surface area contributed by atoms with Crippen molar-refractivity contribution in [2.24, 2.45) is 0 Å². The molecule has 3 nitrogen and oxygen atoms in total. The van der Waals surface area contributed by atoms with Crippen molar-refractivity contribution in [2.45, 2.75) is 38.3 Å². The smallest absolute Gasteiger partial charge is 0.134 e. The van der Waals surface area contributed by atoms with E-state index in [-0.39, 0.29) is 18.0 Å². The molecule has 1 N–H and O–H groups in total. The fraction of sp³-hybridized carbons (Fsp3) is 0.500. The molecular weight excluding hydrogens is 257 g/mol. The zero-order valence-electron chi connectivity index (χ0n) is 11.7. The van der Waals surface area contributed by atoms with Gasteiger partial charge in [-0.2, -0.15) is 0 Å². The van der Waals surface area contributed by atoms with Gasteiger partial charge < -0.3 is 14.5 Å². The van der Waals surface area contributed by atoms with Crippen molar-refractivity contribution in [1.29, 1.82) is 0 Å². The summed E-state index contributed by atoms with van der Waals surface area (Å²) < 4.78 is 24.9. The second kappa shape index (κ2) is 5.94. The lowest BCUT2D eigenvalue weighted by molar-refractivity contribution is 0.0718. The van der Waals surface area contributed by atoms with E-state index in [4.69, 9.17) is 9.15 Å². The Morgan fingerprint density at radius 3 is 3.05 bits per heavy atom. The van der Waals surface area contributed by atoms with Gasteiger partial charge in [-0.25, -0.2) is 4.39 Å². The third-order valence-electron chi connectivity index (χ3n) is 3.75. The van der Waals surface area contributed by atoms with Crippen molar-refractivity contribution in [3.8, 4) is 0 Å². The minimum absolute atomic E-state index is 0.0490. The van der Waals surface area contributed by atoms with Crippen LogP contribution in [0.4, 0.5) is 4.39 Å². The van der Waals surface area contributed by atoms with Gasteiger partial charge in [0.15, 0.2) is 0 Å². The summed E-state index contributed by atoms with van der Waals surface area (Å²) in [5.74, 6) is 0.603. The first-order valence-corrected chi connectivity index (χ1v) is 7.32. The summed E-state index contributed by atoms with van der Waals surface area (Å²) in [7, 11) is 0. The molecule has 0 amide bonds. The minimum Gasteiger partial charge on any atom is -0.459 e. The highest BCUT2D eigenvalue weighted by molar-refractivity contribution is 5.78. The monoisotopic (exact) mass is 277 g/mol. The molecule has 20 heavy (non-hydrogen) atoms. The van der Waals surface area contributed by atoms with E-state index in [0.717, 1.165) is 49.1 Å². The average molecular weight is 277 g/mol. The van der Waals surface area contributed by atoms with Crippen molar-refractivity contribution in [3.63, 3.8) is 0 Å². The molecule has 0 radical (unpaired) electrons. The van der Waals surface area contributed by atoms with Crippen LogP contribution in [0.3, 0.4) is 0 Å². The predicted molar refractivity (Wildman–Crippen MR) is 76.2 cm³/mol. The maximum absolute atomic E-state index is 13.3. The summed E-state index contributed by atoms with van der Waals surface area (Å²) in [5, 5.41) is 4.30. The molecule has 1 aliphatic heterocycles. The van der Waals surface area contributed by atoms with Crippen LogP contribution in [0.15, 0.2) is 28.7 Å². The van der Waals surface area contributed by atoms with E-state index < -0.39 is 0 Å². The van der Waals surface area contributed by atoms with Crippen molar-refractivity contribution in [2.75, 3.05) is 13.2 Å². The summed E-state index contributed by atoms with van der Waals surface area (Å²) in [4.78, 5) is 0. The number of rotatable bonds is 5. The van der Waals surface area contributed by atoms with E-state index in [0.29, 0.717) is 0 Å². The van der Waals surface area contributed by atoms with Crippen LogP contribution in [0.5, 0.6) is 0 Å². The van der Waals surface area contributed by atoms with Crippen LogP contribution in [0.2, 0.25) is 0 Å². The fourth-order valence-corrected chi connectivity index (χ4v) is 2.77. The van der Waals surface area contributed by atoms with Crippen LogP contribution < -0.4 is 5.32 Å². The van der Waals surface area contributed by atoms with Crippen molar-refractivity contribution >= 4 is 11.0 Å². The van der Waals surface area contributed by atoms with Gasteiger partial charge in [-0.1, -0.05) is 6.92 Å². The number of nitrogens with one attached hydrogen (secondary N) is 1. The van der Waals surface area contributed by atoms with Crippen LogP contribution in [-0.4, -0.2) is 19.3 Å². The molecule has 1 aromatic carbocycles. The Hall–Kier alpha value is -1.39. The second-order valence-electron chi connectivity index (χ2n) is 5.31. The standard InChI is InChI=1S/C16H20FNO2/c1-2-7-18-16(14-4-3-8-19-14)15-10-11-9-12(17)5-6-13(11)20-15/h5-6,9-10,14,16,18H,2-4,7-8H2,1H3. The number of benzene rings is 1. The number of furan rings is 1. The van der Waals surface area contributed by atoms with Gasteiger partial charge in [0.05, 0.1) is 12.1 Å². The molecule has 1 aliphatic rings. The summed E-state index contributed by atoms with van der Waals surface area (Å²) in [6.07, 6.45) is 3.32. The Kier molecular flexibility index (Phi) is 4.03. The maximum atomic E-state index is 13.3. The van der Waals surface area contributed by atoms with Gasteiger partial charge in [-0.3, -0.25) is 0 Å². The lowest BCUT2D eigenvalue weighted by Gasteiger charge is -2.22. The van der Waals surface area contributed by atoms with Gasteiger partial charge in [0.1, 0.15) is 17.2 Å². The number of fused-ring (bicyclic) bond motifs is 1. The Balaban J connectivity index is 1.90.